The minimum atomic E-state index is -0.311. The first kappa shape index (κ1) is 11.7. The largest absolute Gasteiger partial charge is 0.507 e. The smallest absolute Gasteiger partial charge is 0.255 e. The zero-order valence-electron chi connectivity index (χ0n) is 9.91. The summed E-state index contributed by atoms with van der Waals surface area (Å²) in [6.45, 7) is 0.335. The summed E-state index contributed by atoms with van der Waals surface area (Å²) in [4.78, 5) is 17.1. The summed E-state index contributed by atoms with van der Waals surface area (Å²) in [7, 11) is 0. The Bertz CT molecular complexity index is 704. The Hall–Kier alpha value is -2.34. The van der Waals surface area contributed by atoms with Crippen molar-refractivity contribution in [1.29, 1.82) is 0 Å². The normalized spacial score (nSPS) is 10.7. The van der Waals surface area contributed by atoms with Crippen molar-refractivity contribution in [1.82, 2.24) is 14.7 Å². The molecule has 96 valence electrons. The lowest BCUT2D eigenvalue weighted by molar-refractivity contribution is 0.0948. The van der Waals surface area contributed by atoms with Crippen LogP contribution >= 0.6 is 11.3 Å². The lowest BCUT2D eigenvalue weighted by atomic mass is 10.2. The van der Waals surface area contributed by atoms with Crippen LogP contribution in [0.1, 0.15) is 16.1 Å². The Kier molecular flexibility index (Phi) is 2.92. The third-order valence-corrected chi connectivity index (χ3v) is 3.49. The van der Waals surface area contributed by atoms with Crippen molar-refractivity contribution >= 4 is 22.2 Å². The number of para-hydroxylation sites is 1. The van der Waals surface area contributed by atoms with Crippen LogP contribution in [0.15, 0.2) is 42.0 Å². The summed E-state index contributed by atoms with van der Waals surface area (Å²) in [5, 5.41) is 14.3. The Labute approximate surface area is 113 Å². The number of amides is 1. The van der Waals surface area contributed by atoms with Crippen molar-refractivity contribution in [3.63, 3.8) is 0 Å². The summed E-state index contributed by atoms with van der Waals surface area (Å²) < 4.78 is 1.91. The average molecular weight is 273 g/mol. The number of carbonyl (C=O) groups excluding carboxylic acids is 1. The van der Waals surface area contributed by atoms with E-state index in [1.54, 1.807) is 29.5 Å². The average Bonchev–Trinajstić information content (AvgIpc) is 2.97. The van der Waals surface area contributed by atoms with Crippen LogP contribution in [0, 0.1) is 0 Å². The van der Waals surface area contributed by atoms with E-state index in [9.17, 15) is 9.90 Å². The van der Waals surface area contributed by atoms with Crippen LogP contribution in [0.25, 0.3) is 4.96 Å². The molecular weight excluding hydrogens is 262 g/mol. The van der Waals surface area contributed by atoms with Crippen molar-refractivity contribution in [3.8, 4) is 5.75 Å². The number of carbonyl (C=O) groups is 1. The Morgan fingerprint density at radius 3 is 3.05 bits per heavy atom. The van der Waals surface area contributed by atoms with Gasteiger partial charge in [0, 0.05) is 17.8 Å². The van der Waals surface area contributed by atoms with E-state index in [1.807, 2.05) is 22.2 Å². The number of rotatable bonds is 3. The lowest BCUT2D eigenvalue weighted by Crippen LogP contribution is -2.22. The fourth-order valence-corrected chi connectivity index (χ4v) is 2.51. The molecule has 0 unspecified atom stereocenters. The minimum absolute atomic E-state index is 0.0224. The summed E-state index contributed by atoms with van der Waals surface area (Å²) in [6.07, 6.45) is 3.79. The quantitative estimate of drug-likeness (QED) is 0.767. The summed E-state index contributed by atoms with van der Waals surface area (Å²) in [5.74, 6) is -0.333. The van der Waals surface area contributed by atoms with E-state index in [0.29, 0.717) is 6.54 Å². The Morgan fingerprint density at radius 1 is 1.42 bits per heavy atom. The molecule has 1 amide bonds. The maximum atomic E-state index is 11.9. The van der Waals surface area contributed by atoms with Gasteiger partial charge in [-0.25, -0.2) is 4.98 Å². The molecule has 2 N–H and O–H groups in total. The van der Waals surface area contributed by atoms with Crippen LogP contribution in [0.3, 0.4) is 0 Å². The van der Waals surface area contributed by atoms with Crippen molar-refractivity contribution in [2.75, 3.05) is 0 Å². The lowest BCUT2D eigenvalue weighted by Gasteiger charge is -2.04. The van der Waals surface area contributed by atoms with E-state index in [4.69, 9.17) is 0 Å². The van der Waals surface area contributed by atoms with Crippen LogP contribution in [0.4, 0.5) is 0 Å². The zero-order valence-corrected chi connectivity index (χ0v) is 10.7. The van der Waals surface area contributed by atoms with Gasteiger partial charge in [0.05, 0.1) is 17.8 Å². The molecule has 0 aliphatic rings. The molecular formula is C13H11N3O2S. The number of nitrogens with zero attached hydrogens (tertiary/aromatic N) is 2. The number of thiazole rings is 1. The third-order valence-electron chi connectivity index (χ3n) is 2.72. The van der Waals surface area contributed by atoms with Gasteiger partial charge in [-0.15, -0.1) is 11.3 Å². The predicted molar refractivity (Wildman–Crippen MR) is 72.3 cm³/mol. The molecule has 0 fully saturated rings. The van der Waals surface area contributed by atoms with Gasteiger partial charge >= 0.3 is 0 Å². The fraction of sp³-hybridized carbons (Fsp3) is 0.0769. The second kappa shape index (κ2) is 4.74. The number of hydrogen-bond acceptors (Lipinski definition) is 4. The molecule has 0 saturated carbocycles. The second-order valence-electron chi connectivity index (χ2n) is 4.02. The van der Waals surface area contributed by atoms with Gasteiger partial charge in [-0.3, -0.25) is 9.20 Å². The number of phenols is 1. The molecule has 3 aromatic rings. The minimum Gasteiger partial charge on any atom is -0.507 e. The van der Waals surface area contributed by atoms with Crippen molar-refractivity contribution < 1.29 is 9.90 Å². The van der Waals surface area contributed by atoms with E-state index in [2.05, 4.69) is 10.3 Å². The van der Waals surface area contributed by atoms with Crippen LogP contribution < -0.4 is 5.32 Å². The molecule has 3 rings (SSSR count). The van der Waals surface area contributed by atoms with Crippen molar-refractivity contribution in [2.24, 2.45) is 0 Å². The number of fused-ring (bicyclic) bond motifs is 1. The first-order chi connectivity index (χ1) is 9.24. The molecule has 0 aliphatic carbocycles. The van der Waals surface area contributed by atoms with Gasteiger partial charge in [0.25, 0.3) is 5.91 Å². The predicted octanol–water partition coefficient (Wildman–Crippen LogP) is 2.03. The molecule has 2 heterocycles. The van der Waals surface area contributed by atoms with Crippen LogP contribution in [-0.4, -0.2) is 20.4 Å². The number of nitrogens with one attached hydrogen (secondary N) is 1. The number of aromatic hydroxyl groups is 1. The van der Waals surface area contributed by atoms with Gasteiger partial charge in [-0.1, -0.05) is 12.1 Å². The molecule has 0 atom stereocenters. The van der Waals surface area contributed by atoms with Crippen molar-refractivity contribution in [3.05, 3.63) is 53.3 Å². The van der Waals surface area contributed by atoms with Gasteiger partial charge < -0.3 is 10.4 Å². The molecule has 1 aromatic carbocycles. The highest BCUT2D eigenvalue weighted by Crippen LogP contribution is 2.15. The first-order valence-electron chi connectivity index (χ1n) is 5.71. The van der Waals surface area contributed by atoms with E-state index in [0.717, 1.165) is 10.7 Å². The summed E-state index contributed by atoms with van der Waals surface area (Å²) in [5.41, 5.74) is 1.05. The van der Waals surface area contributed by atoms with Gasteiger partial charge in [-0.05, 0) is 12.1 Å². The highest BCUT2D eigenvalue weighted by Gasteiger charge is 2.10. The highest BCUT2D eigenvalue weighted by atomic mass is 32.1. The van der Waals surface area contributed by atoms with Gasteiger partial charge in [0.15, 0.2) is 4.96 Å². The zero-order chi connectivity index (χ0) is 13.2. The number of aromatic nitrogens is 2. The number of phenolic OH excluding ortho intramolecular Hbond substituents is 1. The van der Waals surface area contributed by atoms with E-state index in [1.165, 1.54) is 6.07 Å². The van der Waals surface area contributed by atoms with Gasteiger partial charge in [0.1, 0.15) is 5.75 Å². The summed E-state index contributed by atoms with van der Waals surface area (Å²) in [6, 6.07) is 6.45. The van der Waals surface area contributed by atoms with Crippen LogP contribution in [0.5, 0.6) is 5.75 Å². The molecule has 5 nitrogen and oxygen atoms in total. The standard InChI is InChI=1S/C13H11N3O2S/c17-11-4-2-1-3-10(11)12(18)14-7-9-8-16-5-6-19-13(16)15-9/h1-6,8,17H,7H2,(H,14,18). The molecule has 6 heteroatoms. The molecule has 2 aromatic heterocycles. The Balaban J connectivity index is 1.71. The van der Waals surface area contributed by atoms with E-state index >= 15 is 0 Å². The number of imidazole rings is 1. The fourth-order valence-electron chi connectivity index (χ4n) is 1.79. The van der Waals surface area contributed by atoms with Gasteiger partial charge in [-0.2, -0.15) is 0 Å². The topological polar surface area (TPSA) is 66.6 Å². The van der Waals surface area contributed by atoms with Crippen molar-refractivity contribution in [2.45, 2.75) is 6.54 Å². The SMILES string of the molecule is O=C(NCc1cn2ccsc2n1)c1ccccc1O. The molecule has 0 aliphatic heterocycles. The highest BCUT2D eigenvalue weighted by molar-refractivity contribution is 7.15. The maximum Gasteiger partial charge on any atom is 0.255 e. The summed E-state index contributed by atoms with van der Waals surface area (Å²) >= 11 is 1.54. The molecule has 0 saturated heterocycles. The molecule has 19 heavy (non-hydrogen) atoms. The molecule has 0 bridgehead atoms. The molecule has 0 spiro atoms. The van der Waals surface area contributed by atoms with Crippen LogP contribution in [-0.2, 0) is 6.54 Å². The molecule has 0 radical (unpaired) electrons. The number of hydrogen-bond donors (Lipinski definition) is 2. The van der Waals surface area contributed by atoms with Crippen LogP contribution in [0.2, 0.25) is 0 Å². The van der Waals surface area contributed by atoms with E-state index in [-0.39, 0.29) is 17.2 Å². The maximum absolute atomic E-state index is 11.9. The first-order valence-corrected chi connectivity index (χ1v) is 6.59. The monoisotopic (exact) mass is 273 g/mol. The second-order valence-corrected chi connectivity index (χ2v) is 4.90. The number of benzene rings is 1. The van der Waals surface area contributed by atoms with Gasteiger partial charge in [0.2, 0.25) is 0 Å². The van der Waals surface area contributed by atoms with E-state index < -0.39 is 0 Å². The third kappa shape index (κ3) is 2.30. The Morgan fingerprint density at radius 2 is 2.26 bits per heavy atom.